The summed E-state index contributed by atoms with van der Waals surface area (Å²) in [4.78, 5) is 13.0. The summed E-state index contributed by atoms with van der Waals surface area (Å²) in [6.45, 7) is 0.794. The quantitative estimate of drug-likeness (QED) is 0.781. The highest BCUT2D eigenvalue weighted by Crippen LogP contribution is 2.40. The summed E-state index contributed by atoms with van der Waals surface area (Å²) >= 11 is 4.64. The van der Waals surface area contributed by atoms with Crippen molar-refractivity contribution >= 4 is 29.3 Å². The Morgan fingerprint density at radius 2 is 2.04 bits per heavy atom. The van der Waals surface area contributed by atoms with Crippen molar-refractivity contribution in [3.63, 3.8) is 0 Å². The third kappa shape index (κ3) is 3.12. The molecule has 0 heterocycles. The predicted octanol–water partition coefficient (Wildman–Crippen LogP) is 4.46. The fraction of sp³-hybridized carbons (Fsp3) is 0.450. The molecule has 1 atom stereocenters. The van der Waals surface area contributed by atoms with Gasteiger partial charge in [-0.25, -0.2) is 0 Å². The predicted molar refractivity (Wildman–Crippen MR) is 97.2 cm³/mol. The fourth-order valence-electron chi connectivity index (χ4n) is 3.88. The monoisotopic (exact) mass is 325 g/mol. The lowest BCUT2D eigenvalue weighted by Crippen LogP contribution is -2.26. The molecule has 2 aromatic rings. The maximum atomic E-state index is 11.8. The topological polar surface area (TPSA) is 29.1 Å². The molecule has 0 spiro atoms. The van der Waals surface area contributed by atoms with Crippen LogP contribution in [0.4, 0.5) is 0 Å². The van der Waals surface area contributed by atoms with E-state index in [9.17, 15) is 4.79 Å². The highest BCUT2D eigenvalue weighted by atomic mass is 32.1. The maximum absolute atomic E-state index is 11.8. The van der Waals surface area contributed by atoms with Gasteiger partial charge in [0.25, 0.3) is 0 Å². The highest BCUT2D eigenvalue weighted by Gasteiger charge is 2.25. The summed E-state index contributed by atoms with van der Waals surface area (Å²) in [7, 11) is 0. The number of amides is 1. The molecule has 2 aliphatic rings. The first-order valence-electron chi connectivity index (χ1n) is 8.72. The minimum atomic E-state index is 0.236. The molecule has 0 radical (unpaired) electrons. The standard InChI is InChI=1S/C20H23NOS/c22-19(12-13-4-5-13)21-11-10-14-6-8-17-18(23)9-7-15-2-1-3-16(14)20(15)17/h1-3,7,9,13-14,23H,4-6,8,10-12H2,(H,21,22). The van der Waals surface area contributed by atoms with E-state index < -0.39 is 0 Å². The average molecular weight is 325 g/mol. The third-order valence-corrected chi connectivity index (χ3v) is 5.75. The molecule has 0 aliphatic heterocycles. The number of nitrogens with one attached hydrogen (secondary N) is 1. The van der Waals surface area contributed by atoms with Crippen LogP contribution < -0.4 is 5.32 Å². The summed E-state index contributed by atoms with van der Waals surface area (Å²) in [5.41, 5.74) is 2.84. The van der Waals surface area contributed by atoms with Crippen molar-refractivity contribution < 1.29 is 4.79 Å². The number of hydrogen-bond acceptors (Lipinski definition) is 2. The lowest BCUT2D eigenvalue weighted by molar-refractivity contribution is -0.121. The molecule has 4 rings (SSSR count). The van der Waals surface area contributed by atoms with Gasteiger partial charge in [0.1, 0.15) is 0 Å². The lowest BCUT2D eigenvalue weighted by atomic mass is 9.80. The Balaban J connectivity index is 1.48. The second-order valence-corrected chi connectivity index (χ2v) is 7.51. The molecular weight excluding hydrogens is 302 g/mol. The van der Waals surface area contributed by atoms with Gasteiger partial charge < -0.3 is 5.32 Å². The average Bonchev–Trinajstić information content (AvgIpc) is 3.36. The van der Waals surface area contributed by atoms with E-state index in [0.29, 0.717) is 11.8 Å². The highest BCUT2D eigenvalue weighted by molar-refractivity contribution is 7.80. The van der Waals surface area contributed by atoms with Gasteiger partial charge >= 0.3 is 0 Å². The van der Waals surface area contributed by atoms with Gasteiger partial charge in [-0.3, -0.25) is 4.79 Å². The van der Waals surface area contributed by atoms with Gasteiger partial charge in [0.2, 0.25) is 5.91 Å². The van der Waals surface area contributed by atoms with E-state index in [0.717, 1.165) is 37.1 Å². The Morgan fingerprint density at radius 1 is 1.17 bits per heavy atom. The molecule has 2 aromatic carbocycles. The van der Waals surface area contributed by atoms with Crippen molar-refractivity contribution in [1.82, 2.24) is 5.32 Å². The van der Waals surface area contributed by atoms with Crippen LogP contribution in [0.2, 0.25) is 0 Å². The summed E-state index contributed by atoms with van der Waals surface area (Å²) in [5, 5.41) is 5.84. The van der Waals surface area contributed by atoms with E-state index in [2.05, 4.69) is 48.3 Å². The Morgan fingerprint density at radius 3 is 2.87 bits per heavy atom. The number of benzene rings is 2. The molecule has 23 heavy (non-hydrogen) atoms. The second-order valence-electron chi connectivity index (χ2n) is 7.03. The van der Waals surface area contributed by atoms with E-state index in [1.54, 1.807) is 0 Å². The fourth-order valence-corrected chi connectivity index (χ4v) is 4.18. The molecule has 120 valence electrons. The zero-order valence-electron chi connectivity index (χ0n) is 13.3. The van der Waals surface area contributed by atoms with E-state index in [1.807, 2.05) is 0 Å². The summed E-state index contributed by atoms with van der Waals surface area (Å²) < 4.78 is 0. The van der Waals surface area contributed by atoms with Crippen molar-refractivity contribution in [2.75, 3.05) is 6.54 Å². The first-order chi connectivity index (χ1) is 11.2. The van der Waals surface area contributed by atoms with Crippen LogP contribution in [-0.4, -0.2) is 12.5 Å². The maximum Gasteiger partial charge on any atom is 0.220 e. The van der Waals surface area contributed by atoms with Crippen molar-refractivity contribution in [3.05, 3.63) is 41.5 Å². The number of thiol groups is 1. The Bertz CT molecular complexity index is 751. The zero-order chi connectivity index (χ0) is 15.8. The third-order valence-electron chi connectivity index (χ3n) is 5.33. The van der Waals surface area contributed by atoms with E-state index in [4.69, 9.17) is 0 Å². The van der Waals surface area contributed by atoms with Crippen molar-refractivity contribution in [1.29, 1.82) is 0 Å². The molecule has 1 unspecified atom stereocenters. The van der Waals surface area contributed by atoms with Gasteiger partial charge in [-0.1, -0.05) is 24.3 Å². The first kappa shape index (κ1) is 15.1. The van der Waals surface area contributed by atoms with Crippen LogP contribution in [0.5, 0.6) is 0 Å². The van der Waals surface area contributed by atoms with E-state index in [-0.39, 0.29) is 5.91 Å². The van der Waals surface area contributed by atoms with Gasteiger partial charge in [-0.15, -0.1) is 12.6 Å². The smallest absolute Gasteiger partial charge is 0.220 e. The molecule has 1 fully saturated rings. The van der Waals surface area contributed by atoms with Crippen LogP contribution in [0, 0.1) is 5.92 Å². The number of aryl methyl sites for hydroxylation is 1. The Kier molecular flexibility index (Phi) is 4.06. The Hall–Kier alpha value is -1.48. The molecule has 0 aromatic heterocycles. The molecular formula is C20H23NOS. The van der Waals surface area contributed by atoms with Crippen LogP contribution in [0.1, 0.15) is 49.1 Å². The zero-order valence-corrected chi connectivity index (χ0v) is 14.2. The normalized spacial score (nSPS) is 19.8. The van der Waals surface area contributed by atoms with Crippen molar-refractivity contribution in [2.24, 2.45) is 5.92 Å². The van der Waals surface area contributed by atoms with Crippen LogP contribution in [0.15, 0.2) is 35.2 Å². The van der Waals surface area contributed by atoms with Gasteiger partial charge in [0.15, 0.2) is 0 Å². The summed E-state index contributed by atoms with van der Waals surface area (Å²) in [5.74, 6) is 1.45. The first-order valence-corrected chi connectivity index (χ1v) is 9.17. The number of hydrogen-bond donors (Lipinski definition) is 2. The van der Waals surface area contributed by atoms with Crippen LogP contribution >= 0.6 is 12.6 Å². The molecule has 0 saturated heterocycles. The molecule has 2 nitrogen and oxygen atoms in total. The molecule has 0 bridgehead atoms. The number of carbonyl (C=O) groups is 1. The summed E-state index contributed by atoms with van der Waals surface area (Å²) in [6.07, 6.45) is 6.48. The van der Waals surface area contributed by atoms with Gasteiger partial charge in [-0.05, 0) is 71.9 Å². The van der Waals surface area contributed by atoms with Crippen molar-refractivity contribution in [3.8, 4) is 0 Å². The van der Waals surface area contributed by atoms with Gasteiger partial charge in [-0.2, -0.15) is 0 Å². The molecule has 3 heteroatoms. The molecule has 1 saturated carbocycles. The number of rotatable bonds is 5. The van der Waals surface area contributed by atoms with Crippen LogP contribution in [-0.2, 0) is 11.2 Å². The Labute approximate surface area is 143 Å². The van der Waals surface area contributed by atoms with E-state index >= 15 is 0 Å². The van der Waals surface area contributed by atoms with Crippen LogP contribution in [0.3, 0.4) is 0 Å². The largest absolute Gasteiger partial charge is 0.356 e. The van der Waals surface area contributed by atoms with Crippen LogP contribution in [0.25, 0.3) is 10.8 Å². The molecule has 1 N–H and O–H groups in total. The lowest BCUT2D eigenvalue weighted by Gasteiger charge is -2.27. The molecule has 1 amide bonds. The minimum Gasteiger partial charge on any atom is -0.356 e. The SMILES string of the molecule is O=C(CC1CC1)NCCC1CCc2c(S)ccc3cccc1c23. The van der Waals surface area contributed by atoms with E-state index in [1.165, 1.54) is 34.7 Å². The summed E-state index contributed by atoms with van der Waals surface area (Å²) in [6, 6.07) is 10.9. The van der Waals surface area contributed by atoms with Crippen molar-refractivity contribution in [2.45, 2.75) is 49.3 Å². The minimum absolute atomic E-state index is 0.236. The van der Waals surface area contributed by atoms with Gasteiger partial charge in [0.05, 0.1) is 0 Å². The number of carbonyl (C=O) groups excluding carboxylic acids is 1. The molecule has 2 aliphatic carbocycles. The second kappa shape index (κ2) is 6.20. The van der Waals surface area contributed by atoms with Gasteiger partial charge in [0, 0.05) is 17.9 Å².